The fourth-order valence-corrected chi connectivity index (χ4v) is 3.35. The van der Waals surface area contributed by atoms with Gasteiger partial charge in [0.25, 0.3) is 18.0 Å². The average molecular weight is 566 g/mol. The third-order valence-corrected chi connectivity index (χ3v) is 5.43. The number of carbonyl (C=O) groups is 2. The van der Waals surface area contributed by atoms with Gasteiger partial charge in [-0.15, -0.1) is 0 Å². The largest absolute Gasteiger partial charge is 1.00 e. The molecular formula is C22H32ClN4O11+. The molecule has 2 amide bonds. The molecule has 0 saturated carbocycles. The molecule has 2 aromatic rings. The number of pyridine rings is 2. The molecule has 4 heterocycles. The van der Waals surface area contributed by atoms with Crippen molar-refractivity contribution < 1.29 is 76.8 Å². The standard InChI is InChI=1S/C11H14N2O5.C6H6N2O.C5H10O5.ClH/c12-10(17)6-2-1-3-13(4-6)11-9(16)8(15)7(5-14)18-11;7-6(9)5-2-1-3-8-4-5;6-1-2-3(7)4(8)5(9)10-2;/h1-4,7-9,11,14-16H,5H2,(H-,12,17);1-4H,(H2,7,9);2-9H,1H2;1H/p+1/t7-,8-,9-,11-;;2-,3-,4-,5?;/m1.1./s1/i13+1;8+1;;. The Kier molecular flexibility index (Phi) is 13.6. The van der Waals surface area contributed by atoms with Crippen LogP contribution in [0.2, 0.25) is 0 Å². The zero-order valence-corrected chi connectivity index (χ0v) is 20.7. The van der Waals surface area contributed by atoms with Gasteiger partial charge in [-0.05, 0) is 12.1 Å². The molecule has 2 saturated heterocycles. The van der Waals surface area contributed by atoms with E-state index >= 15 is 0 Å². The normalized spacial score (nSPS) is 29.7. The number of ether oxygens (including phenoxy) is 2. The van der Waals surface area contributed by atoms with E-state index in [-0.39, 0.29) is 18.0 Å². The number of aromatic amines is 1. The van der Waals surface area contributed by atoms with Crippen LogP contribution in [-0.4, -0.2) is 104 Å². The molecule has 1 unspecified atom stereocenters. The number of rotatable bonds is 5. The minimum atomic E-state index is -1.38. The molecule has 2 aromatic heterocycles. The van der Waals surface area contributed by atoms with Gasteiger partial charge in [-0.2, -0.15) is 4.57 Å². The van der Waals surface area contributed by atoms with Crippen LogP contribution in [0.15, 0.2) is 49.1 Å². The maximum atomic E-state index is 11.1. The summed E-state index contributed by atoms with van der Waals surface area (Å²) < 4.78 is 11.3. The predicted molar refractivity (Wildman–Crippen MR) is 120 cm³/mol. The Labute approximate surface area is 222 Å². The molecule has 16 heteroatoms. The monoisotopic (exact) mass is 565 g/mol. The zero-order chi connectivity index (χ0) is 27.7. The second-order valence-electron chi connectivity index (χ2n) is 8.02. The fraction of sp³-hybridized carbons (Fsp3) is 0.455. The number of carbonyl (C=O) groups excluding carboxylic acids is 2. The van der Waals surface area contributed by atoms with E-state index < -0.39 is 74.2 Å². The molecule has 0 radical (unpaired) electrons. The number of nitrogens with one attached hydrogen (secondary N) is 1. The van der Waals surface area contributed by atoms with E-state index in [4.69, 9.17) is 41.7 Å². The first kappa shape index (κ1) is 33.2. The lowest BCUT2D eigenvalue weighted by molar-refractivity contribution is -0.765. The lowest BCUT2D eigenvalue weighted by Crippen LogP contribution is -3.00. The number of hydrogen-bond donors (Lipinski definition) is 9. The van der Waals surface area contributed by atoms with Crippen molar-refractivity contribution in [1.29, 1.82) is 0 Å². The number of aliphatic hydroxyl groups excluding tert-OH is 7. The number of halogens is 1. The molecule has 8 atom stereocenters. The Morgan fingerprint density at radius 2 is 1.39 bits per heavy atom. The maximum Gasteiger partial charge on any atom is 0.292 e. The van der Waals surface area contributed by atoms with Crippen LogP contribution in [0.4, 0.5) is 0 Å². The minimum Gasteiger partial charge on any atom is -1.00 e. The van der Waals surface area contributed by atoms with Gasteiger partial charge in [0, 0.05) is 12.1 Å². The van der Waals surface area contributed by atoms with Crippen molar-refractivity contribution in [3.05, 3.63) is 60.2 Å². The molecule has 4 rings (SSSR count). The van der Waals surface area contributed by atoms with Crippen molar-refractivity contribution in [3.63, 3.8) is 0 Å². The van der Waals surface area contributed by atoms with Gasteiger partial charge in [0.2, 0.25) is 0 Å². The third kappa shape index (κ3) is 8.60. The summed E-state index contributed by atoms with van der Waals surface area (Å²) in [6, 6.07) is 6.48. The lowest BCUT2D eigenvalue weighted by Gasteiger charge is -2.09. The van der Waals surface area contributed by atoms with Crippen molar-refractivity contribution in [2.24, 2.45) is 11.5 Å². The van der Waals surface area contributed by atoms with Crippen LogP contribution in [0.5, 0.6) is 0 Å². The summed E-state index contributed by atoms with van der Waals surface area (Å²) in [7, 11) is 0. The topological polar surface area (TPSA) is 264 Å². The average Bonchev–Trinajstić information content (AvgIpc) is 3.34. The molecule has 0 aromatic carbocycles. The van der Waals surface area contributed by atoms with E-state index in [0.717, 1.165) is 0 Å². The first-order chi connectivity index (χ1) is 17.5. The smallest absolute Gasteiger partial charge is 0.292 e. The first-order valence-corrected chi connectivity index (χ1v) is 11.0. The second-order valence-corrected chi connectivity index (χ2v) is 8.02. The van der Waals surface area contributed by atoms with E-state index in [9.17, 15) is 19.8 Å². The summed E-state index contributed by atoms with van der Waals surface area (Å²) in [6.45, 7) is -0.805. The minimum absolute atomic E-state index is 0. The van der Waals surface area contributed by atoms with Gasteiger partial charge in [-0.3, -0.25) is 9.59 Å². The SMILES string of the molecule is NC(=O)c1ccc[15n+]([C@@H]2O[C@H](CO)[C@@H](O)[C@H]2O)c1.NC(=O)c1ccc[15nH+]c1.OC[C@H]1OC(O)[C@H](O)[C@@H]1O.[Cl-]. The first-order valence-electron chi connectivity index (χ1n) is 11.0. The summed E-state index contributed by atoms with van der Waals surface area (Å²) >= 11 is 0. The summed E-state index contributed by atoms with van der Waals surface area (Å²) in [5, 5.41) is 63.4. The molecule has 212 valence electrons. The van der Waals surface area contributed by atoms with E-state index in [1.807, 2.05) is 0 Å². The molecule has 38 heavy (non-hydrogen) atoms. The number of nitrogens with zero attached hydrogens (tertiary/aromatic N) is 1. The number of hydrogen-bond acceptors (Lipinski definition) is 11. The van der Waals surface area contributed by atoms with E-state index in [2.05, 4.69) is 9.72 Å². The number of primary amides is 2. The highest BCUT2D eigenvalue weighted by molar-refractivity contribution is 5.92. The van der Waals surface area contributed by atoms with Gasteiger partial charge >= 0.3 is 0 Å². The number of amides is 2. The molecule has 0 spiro atoms. The Morgan fingerprint density at radius 1 is 0.842 bits per heavy atom. The highest BCUT2D eigenvalue weighted by Gasteiger charge is 2.48. The van der Waals surface area contributed by atoms with Crippen LogP contribution < -0.4 is 33.4 Å². The zero-order valence-electron chi connectivity index (χ0n) is 19.9. The number of aliphatic hydroxyl groups is 7. The molecule has 2 aliphatic rings. The van der Waals surface area contributed by atoms with Crippen molar-refractivity contribution >= 4 is 11.8 Å². The summed E-state index contributed by atoms with van der Waals surface area (Å²) in [5.41, 5.74) is 10.9. The Balaban J connectivity index is 0.000000307. The van der Waals surface area contributed by atoms with E-state index in [1.54, 1.807) is 36.8 Å². The fourth-order valence-electron chi connectivity index (χ4n) is 3.35. The maximum absolute atomic E-state index is 11.1. The third-order valence-electron chi connectivity index (χ3n) is 5.43. The van der Waals surface area contributed by atoms with Crippen molar-refractivity contribution in [2.75, 3.05) is 13.2 Å². The van der Waals surface area contributed by atoms with Gasteiger partial charge in [0.05, 0.1) is 13.2 Å². The van der Waals surface area contributed by atoms with Gasteiger partial charge in [0.15, 0.2) is 37.2 Å². The molecule has 2 aliphatic heterocycles. The van der Waals surface area contributed by atoms with Crippen LogP contribution in [0, 0.1) is 0 Å². The van der Waals surface area contributed by atoms with E-state index in [1.165, 1.54) is 16.8 Å². The summed E-state index contributed by atoms with van der Waals surface area (Å²) in [6.07, 6.45) is -2.56. The predicted octanol–water partition coefficient (Wildman–Crippen LogP) is -8.29. The second kappa shape index (κ2) is 15.6. The van der Waals surface area contributed by atoms with Crippen molar-refractivity contribution in [3.8, 4) is 0 Å². The number of H-pyrrole nitrogens is 1. The highest BCUT2D eigenvalue weighted by Crippen LogP contribution is 2.25. The van der Waals surface area contributed by atoms with Crippen LogP contribution in [0.25, 0.3) is 0 Å². The quantitative estimate of drug-likeness (QED) is 0.154. The highest BCUT2D eigenvalue weighted by atomic mass is 35.5. The summed E-state index contributed by atoms with van der Waals surface area (Å²) in [5.74, 6) is -1.01. The molecule has 15 nitrogen and oxygen atoms in total. The van der Waals surface area contributed by atoms with Gasteiger partial charge in [-0.25, -0.2) is 4.98 Å². The van der Waals surface area contributed by atoms with Crippen molar-refractivity contribution in [2.45, 2.75) is 49.1 Å². The number of aromatic nitrogens is 2. The molecule has 0 bridgehead atoms. The van der Waals surface area contributed by atoms with Crippen LogP contribution >= 0.6 is 0 Å². The van der Waals surface area contributed by atoms with Gasteiger partial charge < -0.3 is 69.1 Å². The molecule has 12 N–H and O–H groups in total. The van der Waals surface area contributed by atoms with Crippen molar-refractivity contribution in [1.82, 2.24) is 0 Å². The van der Waals surface area contributed by atoms with Crippen LogP contribution in [-0.2, 0) is 9.47 Å². The van der Waals surface area contributed by atoms with E-state index in [0.29, 0.717) is 5.56 Å². The van der Waals surface area contributed by atoms with Crippen LogP contribution in [0.3, 0.4) is 0 Å². The van der Waals surface area contributed by atoms with Crippen LogP contribution in [0.1, 0.15) is 26.9 Å². The Bertz CT molecular complexity index is 1020. The lowest BCUT2D eigenvalue weighted by atomic mass is 10.1. The Hall–Kier alpha value is -2.83. The molecule has 0 aliphatic carbocycles. The van der Waals surface area contributed by atoms with Gasteiger partial charge in [-0.1, -0.05) is 0 Å². The Morgan fingerprint density at radius 3 is 1.79 bits per heavy atom. The summed E-state index contributed by atoms with van der Waals surface area (Å²) in [4.78, 5) is 24.2. The number of nitrogens with two attached hydrogens (primary N) is 2. The molecular weight excluding hydrogens is 534 g/mol. The van der Waals surface area contributed by atoms with Gasteiger partial charge in [0.1, 0.15) is 41.6 Å². The molecule has 2 fully saturated rings.